The van der Waals surface area contributed by atoms with Gasteiger partial charge in [0.15, 0.2) is 8.32 Å². The van der Waals surface area contributed by atoms with Crippen LogP contribution in [0.1, 0.15) is 58.8 Å². The second-order valence-corrected chi connectivity index (χ2v) is 17.3. The van der Waals surface area contributed by atoms with Gasteiger partial charge in [-0.05, 0) is 80.7 Å². The molecule has 0 saturated heterocycles. The van der Waals surface area contributed by atoms with Crippen LogP contribution in [-0.2, 0) is 15.6 Å². The molecule has 0 aliphatic heterocycles. The molecule has 34 heavy (non-hydrogen) atoms. The van der Waals surface area contributed by atoms with E-state index in [2.05, 4.69) is 61.9 Å². The normalized spacial score (nSPS) is 13.5. The van der Waals surface area contributed by atoms with E-state index in [1.807, 2.05) is 57.2 Å². The van der Waals surface area contributed by atoms with Gasteiger partial charge >= 0.3 is 6.09 Å². The van der Waals surface area contributed by atoms with Crippen LogP contribution in [0.15, 0.2) is 53.0 Å². The first-order valence-electron chi connectivity index (χ1n) is 11.7. The molecule has 0 saturated carbocycles. The van der Waals surface area contributed by atoms with Gasteiger partial charge < -0.3 is 14.1 Å². The maximum Gasteiger partial charge on any atom is 0.410 e. The van der Waals surface area contributed by atoms with E-state index in [1.54, 1.807) is 4.90 Å². The van der Waals surface area contributed by atoms with Gasteiger partial charge in [-0.2, -0.15) is 0 Å². The zero-order valence-electron chi connectivity index (χ0n) is 21.7. The average Bonchev–Trinajstić information content (AvgIpc) is 2.69. The van der Waals surface area contributed by atoms with Crippen molar-refractivity contribution in [3.8, 4) is 0 Å². The van der Waals surface area contributed by atoms with Gasteiger partial charge in [-0.15, -0.1) is 0 Å². The quantitative estimate of drug-likeness (QED) is 0.299. The highest BCUT2D eigenvalue weighted by Crippen LogP contribution is 2.40. The van der Waals surface area contributed by atoms with Crippen LogP contribution in [0.5, 0.6) is 0 Å². The summed E-state index contributed by atoms with van der Waals surface area (Å²) < 4.78 is 13.7. The molecule has 0 bridgehead atoms. The van der Waals surface area contributed by atoms with Gasteiger partial charge in [0, 0.05) is 16.0 Å². The Morgan fingerprint density at radius 2 is 1.68 bits per heavy atom. The molecule has 1 unspecified atom stereocenters. The van der Waals surface area contributed by atoms with Crippen molar-refractivity contribution in [2.45, 2.75) is 77.8 Å². The van der Waals surface area contributed by atoms with Gasteiger partial charge in [0.05, 0.1) is 12.6 Å². The Hall–Kier alpha value is -1.34. The van der Waals surface area contributed by atoms with E-state index in [0.29, 0.717) is 18.1 Å². The number of carbonyl (C=O) groups is 1. The monoisotopic (exact) mass is 567 g/mol. The number of halogens is 2. The van der Waals surface area contributed by atoms with Gasteiger partial charge in [-0.25, -0.2) is 4.79 Å². The maximum atomic E-state index is 13.3. The van der Waals surface area contributed by atoms with Gasteiger partial charge in [0.25, 0.3) is 0 Å². The van der Waals surface area contributed by atoms with E-state index < -0.39 is 13.9 Å². The third-order valence-electron chi connectivity index (χ3n) is 6.09. The van der Waals surface area contributed by atoms with Crippen molar-refractivity contribution < 1.29 is 14.0 Å². The topological polar surface area (TPSA) is 38.8 Å². The summed E-state index contributed by atoms with van der Waals surface area (Å²) in [7, 11) is -2.14. The molecule has 188 valence electrons. The summed E-state index contributed by atoms with van der Waals surface area (Å²) in [5, 5.41) is 0.679. The Morgan fingerprint density at radius 1 is 1.06 bits per heavy atom. The van der Waals surface area contributed by atoms with E-state index in [4.69, 9.17) is 20.8 Å². The van der Waals surface area contributed by atoms with Crippen LogP contribution in [0.4, 0.5) is 4.79 Å². The molecule has 7 heteroatoms. The Morgan fingerprint density at radius 3 is 2.21 bits per heavy atom. The highest BCUT2D eigenvalue weighted by Gasteiger charge is 2.40. The first-order chi connectivity index (χ1) is 15.6. The minimum Gasteiger partial charge on any atom is -0.444 e. The Balaban J connectivity index is 2.36. The molecule has 0 aliphatic rings. The van der Waals surface area contributed by atoms with Crippen molar-refractivity contribution in [2.75, 3.05) is 13.1 Å². The van der Waals surface area contributed by atoms with E-state index in [9.17, 15) is 4.79 Å². The smallest absolute Gasteiger partial charge is 0.410 e. The Bertz CT molecular complexity index is 952. The molecule has 4 nitrogen and oxygen atoms in total. The molecular formula is C27H39BrClNO3Si. The molecule has 2 rings (SSSR count). The minimum atomic E-state index is -2.14. The van der Waals surface area contributed by atoms with Crippen LogP contribution in [0.3, 0.4) is 0 Å². The molecule has 0 aromatic heterocycles. The lowest BCUT2D eigenvalue weighted by atomic mass is 10.1. The van der Waals surface area contributed by atoms with Crippen LogP contribution in [-0.4, -0.2) is 38.0 Å². The van der Waals surface area contributed by atoms with Crippen LogP contribution >= 0.6 is 27.5 Å². The highest BCUT2D eigenvalue weighted by molar-refractivity contribution is 9.10. The fourth-order valence-corrected chi connectivity index (χ4v) is 4.89. The number of ether oxygens (including phenoxy) is 1. The van der Waals surface area contributed by atoms with Crippen molar-refractivity contribution in [2.24, 2.45) is 0 Å². The number of benzene rings is 2. The summed E-state index contributed by atoms with van der Waals surface area (Å²) >= 11 is 9.82. The van der Waals surface area contributed by atoms with E-state index in [-0.39, 0.29) is 17.2 Å². The van der Waals surface area contributed by atoms with Crippen LogP contribution in [0.2, 0.25) is 23.2 Å². The lowest BCUT2D eigenvalue weighted by Crippen LogP contribution is -2.46. The van der Waals surface area contributed by atoms with Gasteiger partial charge in [0.2, 0.25) is 0 Å². The van der Waals surface area contributed by atoms with Crippen molar-refractivity contribution in [1.82, 2.24) is 4.90 Å². The fraction of sp³-hybridized carbons (Fsp3) is 0.519. The predicted molar refractivity (Wildman–Crippen MR) is 148 cm³/mol. The highest BCUT2D eigenvalue weighted by atomic mass is 79.9. The largest absolute Gasteiger partial charge is 0.444 e. The molecule has 1 atom stereocenters. The summed E-state index contributed by atoms with van der Waals surface area (Å²) in [6.07, 6.45) is 0.0713. The second kappa shape index (κ2) is 11.6. The molecular weight excluding hydrogens is 530 g/mol. The van der Waals surface area contributed by atoms with E-state index >= 15 is 0 Å². The number of amides is 1. The lowest BCUT2D eigenvalue weighted by molar-refractivity contribution is 0.0159. The maximum absolute atomic E-state index is 13.3. The first-order valence-corrected chi connectivity index (χ1v) is 15.8. The third kappa shape index (κ3) is 9.03. The second-order valence-electron chi connectivity index (χ2n) is 11.2. The van der Waals surface area contributed by atoms with Crippen LogP contribution in [0.25, 0.3) is 0 Å². The minimum absolute atomic E-state index is 0.0258. The summed E-state index contributed by atoms with van der Waals surface area (Å²) in [6.45, 7) is 17.7. The van der Waals surface area contributed by atoms with E-state index in [1.165, 1.54) is 0 Å². The SMILES string of the molecule is CC(C)(C)OC(=O)N(CCc1ccc(Br)cc1)CC(O[Si](C)(C)C(C)(C)C)c1cccc(Cl)c1. The third-order valence-corrected chi connectivity index (χ3v) is 11.3. The predicted octanol–water partition coefficient (Wildman–Crippen LogP) is 8.65. The molecule has 2 aromatic rings. The summed E-state index contributed by atoms with van der Waals surface area (Å²) in [5.74, 6) is 0. The van der Waals surface area contributed by atoms with Crippen molar-refractivity contribution in [3.63, 3.8) is 0 Å². The van der Waals surface area contributed by atoms with Crippen LogP contribution in [0, 0.1) is 0 Å². The Labute approximate surface area is 220 Å². The van der Waals surface area contributed by atoms with Crippen molar-refractivity contribution in [3.05, 3.63) is 69.2 Å². The molecule has 0 fully saturated rings. The lowest BCUT2D eigenvalue weighted by Gasteiger charge is -2.40. The van der Waals surface area contributed by atoms with Gasteiger partial charge in [-0.3, -0.25) is 0 Å². The van der Waals surface area contributed by atoms with Gasteiger partial charge in [-0.1, -0.05) is 72.6 Å². The molecule has 0 aliphatic carbocycles. The number of carbonyl (C=O) groups excluding carboxylic acids is 1. The first kappa shape index (κ1) is 28.9. The molecule has 0 spiro atoms. The number of hydrogen-bond donors (Lipinski definition) is 0. The summed E-state index contributed by atoms with van der Waals surface area (Å²) in [6, 6.07) is 15.9. The molecule has 0 radical (unpaired) electrons. The number of rotatable bonds is 8. The van der Waals surface area contributed by atoms with E-state index in [0.717, 1.165) is 22.0 Å². The van der Waals surface area contributed by atoms with Gasteiger partial charge in [0.1, 0.15) is 5.60 Å². The standard InChI is InChI=1S/C27H39BrClNO3Si/c1-26(2,3)32-25(31)30(17-16-20-12-14-22(28)15-13-20)19-24(21-10-9-11-23(29)18-21)33-34(7,8)27(4,5)6/h9-15,18,24H,16-17,19H2,1-8H3. The Kier molecular flexibility index (Phi) is 9.85. The molecule has 0 heterocycles. The summed E-state index contributed by atoms with van der Waals surface area (Å²) in [4.78, 5) is 15.0. The number of nitrogens with zero attached hydrogens (tertiary/aromatic N) is 1. The average molecular weight is 569 g/mol. The zero-order valence-corrected chi connectivity index (χ0v) is 25.1. The van der Waals surface area contributed by atoms with Crippen molar-refractivity contribution >= 4 is 41.9 Å². The van der Waals surface area contributed by atoms with Crippen molar-refractivity contribution in [1.29, 1.82) is 0 Å². The van der Waals surface area contributed by atoms with Crippen LogP contribution < -0.4 is 0 Å². The zero-order chi connectivity index (χ0) is 25.7. The molecule has 2 aromatic carbocycles. The summed E-state index contributed by atoms with van der Waals surface area (Å²) in [5.41, 5.74) is 1.54. The molecule has 0 N–H and O–H groups in total. The molecule has 1 amide bonds. The fourth-order valence-electron chi connectivity index (χ4n) is 3.15. The number of hydrogen-bond acceptors (Lipinski definition) is 3.